The van der Waals surface area contributed by atoms with Crippen molar-refractivity contribution < 1.29 is 33.7 Å². The number of amides is 1. The number of esters is 1. The summed E-state index contributed by atoms with van der Waals surface area (Å²) in [5, 5.41) is 11.5. The molecule has 0 spiro atoms. The maximum absolute atomic E-state index is 13.4. The van der Waals surface area contributed by atoms with E-state index >= 15 is 0 Å². The first-order valence-electron chi connectivity index (χ1n) is 12.2. The van der Waals surface area contributed by atoms with Crippen LogP contribution in [0, 0.1) is 6.92 Å². The Morgan fingerprint density at radius 3 is 2.59 bits per heavy atom. The van der Waals surface area contributed by atoms with Crippen molar-refractivity contribution in [1.29, 1.82) is 0 Å². The van der Waals surface area contributed by atoms with E-state index in [2.05, 4.69) is 11.6 Å². The number of rotatable bonds is 10. The first kappa shape index (κ1) is 27.6. The molecule has 1 amide bonds. The van der Waals surface area contributed by atoms with Crippen molar-refractivity contribution in [1.82, 2.24) is 4.98 Å². The third-order valence-electron chi connectivity index (χ3n) is 5.97. The zero-order valence-corrected chi connectivity index (χ0v) is 22.6. The average molecular weight is 549 g/mol. The van der Waals surface area contributed by atoms with Gasteiger partial charge in [0.25, 0.3) is 5.78 Å². The predicted octanol–water partition coefficient (Wildman–Crippen LogP) is 5.22. The lowest BCUT2D eigenvalue weighted by Gasteiger charge is -2.23. The number of benzene rings is 2. The molecule has 9 nitrogen and oxygen atoms in total. The van der Waals surface area contributed by atoms with E-state index in [0.717, 1.165) is 17.8 Å². The Kier molecular flexibility index (Phi) is 8.46. The van der Waals surface area contributed by atoms with Gasteiger partial charge in [0.05, 0.1) is 31.0 Å². The molecule has 2 aromatic carbocycles. The zero-order chi connectivity index (χ0) is 28.1. The summed E-state index contributed by atoms with van der Waals surface area (Å²) >= 11 is 0.932. The highest BCUT2D eigenvalue weighted by Gasteiger charge is 2.48. The topological polar surface area (TPSA) is 115 Å². The number of aliphatic hydroxyl groups is 1. The molecule has 2 heterocycles. The van der Waals surface area contributed by atoms with Gasteiger partial charge in [0.15, 0.2) is 5.13 Å². The van der Waals surface area contributed by atoms with Gasteiger partial charge in [0, 0.05) is 5.56 Å². The van der Waals surface area contributed by atoms with Crippen LogP contribution in [-0.4, -0.2) is 48.1 Å². The minimum absolute atomic E-state index is 0.0168. The highest BCUT2D eigenvalue weighted by molar-refractivity contribution is 7.17. The van der Waals surface area contributed by atoms with Crippen LogP contribution < -0.4 is 14.4 Å². The molecular formula is C29H28N2O7S. The van der Waals surface area contributed by atoms with Gasteiger partial charge in [0.2, 0.25) is 0 Å². The molecule has 1 aliphatic rings. The fourth-order valence-electron chi connectivity index (χ4n) is 4.11. The minimum Gasteiger partial charge on any atom is -0.507 e. The van der Waals surface area contributed by atoms with Gasteiger partial charge >= 0.3 is 11.9 Å². The Hall–Kier alpha value is -4.44. The van der Waals surface area contributed by atoms with Crippen LogP contribution in [0.1, 0.15) is 45.9 Å². The highest BCUT2D eigenvalue weighted by atomic mass is 32.1. The number of hydrogen-bond acceptors (Lipinski definition) is 9. The summed E-state index contributed by atoms with van der Waals surface area (Å²) in [6.45, 7) is 7.63. The van der Waals surface area contributed by atoms with Crippen LogP contribution in [0.5, 0.6) is 11.5 Å². The first-order valence-corrected chi connectivity index (χ1v) is 13.1. The number of hydrogen-bond donors (Lipinski definition) is 1. The lowest BCUT2D eigenvalue weighted by Crippen LogP contribution is -2.29. The number of aryl methyl sites for hydroxylation is 1. The molecule has 202 valence electrons. The molecule has 1 unspecified atom stereocenters. The zero-order valence-electron chi connectivity index (χ0n) is 21.8. The summed E-state index contributed by atoms with van der Waals surface area (Å²) in [6.07, 6.45) is 2.24. The molecular weight excluding hydrogens is 520 g/mol. The fourth-order valence-corrected chi connectivity index (χ4v) is 5.10. The van der Waals surface area contributed by atoms with Gasteiger partial charge in [-0.15, -0.1) is 0 Å². The monoisotopic (exact) mass is 548 g/mol. The number of methoxy groups -OCH3 is 1. The standard InChI is InChI=1S/C29H28N2O7S/c1-5-14-37-21-9-7-8-19(16-21)24(32)22-23(18-10-12-20(36-4)13-11-18)31(27(34)25(22)33)29-30-17(3)26(39-29)28(35)38-15-6-2/h6-13,16,23,32H,2,5,14-15H2,1,3-4H3/b24-22+. The third kappa shape index (κ3) is 5.56. The molecule has 3 aromatic rings. The Morgan fingerprint density at radius 1 is 1.18 bits per heavy atom. The van der Waals surface area contributed by atoms with E-state index < -0.39 is 23.7 Å². The number of Topliss-reactive ketones (excluding diaryl/α,β-unsaturated/α-hetero) is 1. The quantitative estimate of drug-likeness (QED) is 0.121. The maximum Gasteiger partial charge on any atom is 0.350 e. The summed E-state index contributed by atoms with van der Waals surface area (Å²) in [4.78, 5) is 45.3. The van der Waals surface area contributed by atoms with Crippen LogP contribution in [0.15, 0.2) is 66.8 Å². The summed E-state index contributed by atoms with van der Waals surface area (Å²) in [7, 11) is 1.53. The molecule has 1 atom stereocenters. The summed E-state index contributed by atoms with van der Waals surface area (Å²) in [5.41, 5.74) is 1.10. The van der Waals surface area contributed by atoms with E-state index in [0.29, 0.717) is 34.9 Å². The second-order valence-corrected chi connectivity index (χ2v) is 9.59. The van der Waals surface area contributed by atoms with Crippen LogP contribution >= 0.6 is 11.3 Å². The molecule has 1 aliphatic heterocycles. The van der Waals surface area contributed by atoms with Gasteiger partial charge in [-0.2, -0.15) is 0 Å². The van der Waals surface area contributed by atoms with Gasteiger partial charge in [0.1, 0.15) is 28.7 Å². The minimum atomic E-state index is -1.02. The van der Waals surface area contributed by atoms with E-state index in [1.165, 1.54) is 18.1 Å². The Balaban J connectivity index is 1.86. The van der Waals surface area contributed by atoms with Gasteiger partial charge < -0.3 is 19.3 Å². The van der Waals surface area contributed by atoms with Crippen LogP contribution in [0.25, 0.3) is 5.76 Å². The molecule has 1 saturated heterocycles. The first-order chi connectivity index (χ1) is 18.8. The van der Waals surface area contributed by atoms with Gasteiger partial charge in [-0.1, -0.05) is 55.2 Å². The molecule has 0 aliphatic carbocycles. The lowest BCUT2D eigenvalue weighted by atomic mass is 9.95. The SMILES string of the molecule is C=CCOC(=O)c1sc(N2C(=O)C(=O)/C(=C(/O)c3cccc(OCCC)c3)C2c2ccc(OC)cc2)nc1C. The smallest absolute Gasteiger partial charge is 0.350 e. The van der Waals surface area contributed by atoms with Crippen LogP contribution in [-0.2, 0) is 14.3 Å². The largest absolute Gasteiger partial charge is 0.507 e. The normalized spacial score (nSPS) is 16.3. The van der Waals surface area contributed by atoms with Crippen LogP contribution in [0.4, 0.5) is 5.13 Å². The summed E-state index contributed by atoms with van der Waals surface area (Å²) in [5.74, 6) is -1.62. The summed E-state index contributed by atoms with van der Waals surface area (Å²) in [6, 6.07) is 12.5. The van der Waals surface area contributed by atoms with Crippen molar-refractivity contribution in [3.8, 4) is 11.5 Å². The maximum atomic E-state index is 13.4. The fraction of sp³-hybridized carbons (Fsp3) is 0.241. The molecule has 0 saturated carbocycles. The molecule has 0 radical (unpaired) electrons. The number of thiazole rings is 1. The van der Waals surface area contributed by atoms with Crippen LogP contribution in [0.3, 0.4) is 0 Å². The second-order valence-electron chi connectivity index (χ2n) is 8.62. The van der Waals surface area contributed by atoms with E-state index in [4.69, 9.17) is 14.2 Å². The number of anilines is 1. The molecule has 39 heavy (non-hydrogen) atoms. The van der Waals surface area contributed by atoms with E-state index in [1.807, 2.05) is 6.92 Å². The molecule has 4 rings (SSSR count). The second kappa shape index (κ2) is 12.0. The van der Waals surface area contributed by atoms with Gasteiger partial charge in [-0.05, 0) is 43.2 Å². The van der Waals surface area contributed by atoms with Gasteiger partial charge in [-0.3, -0.25) is 14.5 Å². The van der Waals surface area contributed by atoms with E-state index in [1.54, 1.807) is 55.5 Å². The Morgan fingerprint density at radius 2 is 1.92 bits per heavy atom. The predicted molar refractivity (Wildman–Crippen MR) is 147 cm³/mol. The molecule has 1 N–H and O–H groups in total. The number of aliphatic hydroxyl groups excluding tert-OH is 1. The number of aromatic nitrogens is 1. The Labute approximate surface area is 230 Å². The number of nitrogens with zero attached hydrogens (tertiary/aromatic N) is 2. The van der Waals surface area contributed by atoms with Crippen molar-refractivity contribution >= 4 is 39.9 Å². The van der Waals surface area contributed by atoms with Crippen molar-refractivity contribution in [2.24, 2.45) is 0 Å². The van der Waals surface area contributed by atoms with Gasteiger partial charge in [-0.25, -0.2) is 9.78 Å². The summed E-state index contributed by atoms with van der Waals surface area (Å²) < 4.78 is 16.1. The molecule has 0 bridgehead atoms. The number of ether oxygens (including phenoxy) is 3. The van der Waals surface area contributed by atoms with Crippen molar-refractivity contribution in [2.75, 3.05) is 25.2 Å². The Bertz CT molecular complexity index is 1440. The number of carbonyl (C=O) groups is 3. The third-order valence-corrected chi connectivity index (χ3v) is 7.10. The molecule has 1 aromatic heterocycles. The van der Waals surface area contributed by atoms with Crippen LogP contribution in [0.2, 0.25) is 0 Å². The highest BCUT2D eigenvalue weighted by Crippen LogP contribution is 2.44. The van der Waals surface area contributed by atoms with E-state index in [-0.39, 0.29) is 27.9 Å². The number of carbonyl (C=O) groups excluding carboxylic acids is 3. The lowest BCUT2D eigenvalue weighted by molar-refractivity contribution is -0.132. The molecule has 1 fully saturated rings. The van der Waals surface area contributed by atoms with E-state index in [9.17, 15) is 19.5 Å². The van der Waals surface area contributed by atoms with Crippen molar-refractivity contribution in [3.63, 3.8) is 0 Å². The number of ketones is 1. The van der Waals surface area contributed by atoms with Crippen molar-refractivity contribution in [2.45, 2.75) is 26.3 Å². The average Bonchev–Trinajstić information content (AvgIpc) is 3.46. The van der Waals surface area contributed by atoms with Crippen molar-refractivity contribution in [3.05, 3.63) is 88.5 Å². The molecule has 10 heteroatoms.